The van der Waals surface area contributed by atoms with Crippen LogP contribution in [0.5, 0.6) is 0 Å². The minimum atomic E-state index is 0.907. The average Bonchev–Trinajstić information content (AvgIpc) is 2.77. The van der Waals surface area contributed by atoms with Crippen LogP contribution in [0.3, 0.4) is 0 Å². The molecule has 3 rings (SSSR count). The number of hydrogen-bond acceptors (Lipinski definition) is 1. The van der Waals surface area contributed by atoms with E-state index < -0.39 is 0 Å². The van der Waals surface area contributed by atoms with Crippen LogP contribution in [0.2, 0.25) is 0 Å². The summed E-state index contributed by atoms with van der Waals surface area (Å²) in [6.07, 6.45) is 13.7. The first-order chi connectivity index (χ1) is 7.43. The molecule has 3 fully saturated rings. The lowest BCUT2D eigenvalue weighted by molar-refractivity contribution is 0.150. The van der Waals surface area contributed by atoms with Gasteiger partial charge in [0, 0.05) is 6.04 Å². The molecule has 1 nitrogen and oxygen atoms in total. The molecule has 1 N–H and O–H groups in total. The molecule has 0 bridgehead atoms. The number of rotatable bonds is 1. The molecule has 1 aliphatic heterocycles. The predicted octanol–water partition coefficient (Wildman–Crippen LogP) is 3.34. The van der Waals surface area contributed by atoms with Crippen molar-refractivity contribution in [2.45, 2.75) is 63.8 Å². The number of hydrogen-bond donors (Lipinski definition) is 1. The molecule has 3 unspecified atom stereocenters. The maximum absolute atomic E-state index is 3.68. The summed E-state index contributed by atoms with van der Waals surface area (Å²) in [7, 11) is 0. The van der Waals surface area contributed by atoms with Crippen LogP contribution in [-0.2, 0) is 0 Å². The molecule has 2 aliphatic carbocycles. The molecular weight excluding hydrogens is 182 g/mol. The highest BCUT2D eigenvalue weighted by atomic mass is 15.0. The van der Waals surface area contributed by atoms with Gasteiger partial charge in [-0.05, 0) is 50.0 Å². The summed E-state index contributed by atoms with van der Waals surface area (Å²) in [6, 6.07) is 0.907. The van der Waals surface area contributed by atoms with Crippen molar-refractivity contribution in [2.24, 2.45) is 17.8 Å². The van der Waals surface area contributed by atoms with E-state index in [4.69, 9.17) is 0 Å². The monoisotopic (exact) mass is 207 g/mol. The lowest BCUT2D eigenvalue weighted by Gasteiger charge is -2.38. The number of nitrogens with one attached hydrogen (secondary N) is 1. The molecule has 0 radical (unpaired) electrons. The Morgan fingerprint density at radius 3 is 2.40 bits per heavy atom. The van der Waals surface area contributed by atoms with Gasteiger partial charge in [0.05, 0.1) is 0 Å². The zero-order valence-corrected chi connectivity index (χ0v) is 9.88. The van der Waals surface area contributed by atoms with Crippen LogP contribution in [0.1, 0.15) is 57.8 Å². The summed E-state index contributed by atoms with van der Waals surface area (Å²) in [6.45, 7) is 1.30. The third-order valence-electron chi connectivity index (χ3n) is 5.26. The van der Waals surface area contributed by atoms with Gasteiger partial charge in [-0.15, -0.1) is 0 Å². The van der Waals surface area contributed by atoms with Crippen LogP contribution in [-0.4, -0.2) is 12.6 Å². The Morgan fingerprint density at radius 2 is 1.53 bits per heavy atom. The van der Waals surface area contributed by atoms with Gasteiger partial charge in [0.2, 0.25) is 0 Å². The van der Waals surface area contributed by atoms with E-state index in [0.29, 0.717) is 0 Å². The molecule has 0 amide bonds. The fraction of sp³-hybridized carbons (Fsp3) is 1.00. The highest BCUT2D eigenvalue weighted by molar-refractivity contribution is 4.91. The summed E-state index contributed by atoms with van der Waals surface area (Å²) >= 11 is 0. The van der Waals surface area contributed by atoms with E-state index >= 15 is 0 Å². The second kappa shape index (κ2) is 4.45. The predicted molar refractivity (Wildman–Crippen MR) is 63.8 cm³/mol. The Bertz CT molecular complexity index is 207. The van der Waals surface area contributed by atoms with Crippen molar-refractivity contribution in [1.82, 2.24) is 5.32 Å². The van der Waals surface area contributed by atoms with Crippen LogP contribution in [0, 0.1) is 17.8 Å². The minimum Gasteiger partial charge on any atom is -0.314 e. The van der Waals surface area contributed by atoms with Crippen LogP contribution in [0.15, 0.2) is 0 Å². The Morgan fingerprint density at radius 1 is 0.667 bits per heavy atom. The Balaban J connectivity index is 1.58. The molecular formula is C14H25N. The standard InChI is InChI=1S/C14H25N/c1-2-4-11(5-3-1)12-6-7-14-13(10-12)8-9-15-14/h11-15H,1-10H2. The van der Waals surface area contributed by atoms with E-state index in [0.717, 1.165) is 23.8 Å². The van der Waals surface area contributed by atoms with Gasteiger partial charge in [-0.25, -0.2) is 0 Å². The summed E-state index contributed by atoms with van der Waals surface area (Å²) in [5.74, 6) is 3.26. The Kier molecular flexibility index (Phi) is 3.01. The van der Waals surface area contributed by atoms with E-state index in [2.05, 4.69) is 5.32 Å². The van der Waals surface area contributed by atoms with Crippen LogP contribution in [0.4, 0.5) is 0 Å². The van der Waals surface area contributed by atoms with E-state index in [-0.39, 0.29) is 0 Å². The van der Waals surface area contributed by atoms with Gasteiger partial charge in [-0.2, -0.15) is 0 Å². The largest absolute Gasteiger partial charge is 0.314 e. The lowest BCUT2D eigenvalue weighted by atomic mass is 9.69. The summed E-state index contributed by atoms with van der Waals surface area (Å²) < 4.78 is 0. The van der Waals surface area contributed by atoms with E-state index in [1.165, 1.54) is 45.1 Å². The summed E-state index contributed by atoms with van der Waals surface area (Å²) in [5, 5.41) is 3.68. The van der Waals surface area contributed by atoms with Gasteiger partial charge in [0.25, 0.3) is 0 Å². The minimum absolute atomic E-state index is 0.907. The zero-order valence-electron chi connectivity index (χ0n) is 9.88. The van der Waals surface area contributed by atoms with Crippen LogP contribution >= 0.6 is 0 Å². The van der Waals surface area contributed by atoms with Crippen LogP contribution < -0.4 is 5.32 Å². The van der Waals surface area contributed by atoms with Gasteiger partial charge < -0.3 is 5.32 Å². The highest BCUT2D eigenvalue weighted by Gasteiger charge is 2.36. The second-order valence-electron chi connectivity index (χ2n) is 6.08. The van der Waals surface area contributed by atoms with E-state index in [1.807, 2.05) is 0 Å². The van der Waals surface area contributed by atoms with E-state index in [9.17, 15) is 0 Å². The van der Waals surface area contributed by atoms with Crippen molar-refractivity contribution < 1.29 is 0 Å². The third kappa shape index (κ3) is 2.08. The SMILES string of the molecule is C1CCC(C2CCC3NCCC3C2)CC1. The molecule has 3 aliphatic rings. The van der Waals surface area contributed by atoms with Crippen molar-refractivity contribution in [3.05, 3.63) is 0 Å². The molecule has 0 aromatic heterocycles. The van der Waals surface area contributed by atoms with Gasteiger partial charge in [0.1, 0.15) is 0 Å². The molecule has 15 heavy (non-hydrogen) atoms. The Hall–Kier alpha value is -0.0400. The van der Waals surface area contributed by atoms with Crippen molar-refractivity contribution >= 4 is 0 Å². The van der Waals surface area contributed by atoms with Crippen molar-refractivity contribution in [3.63, 3.8) is 0 Å². The summed E-state index contributed by atoms with van der Waals surface area (Å²) in [5.41, 5.74) is 0. The smallest absolute Gasteiger partial charge is 0.00960 e. The molecule has 2 saturated carbocycles. The van der Waals surface area contributed by atoms with Crippen molar-refractivity contribution in [3.8, 4) is 0 Å². The fourth-order valence-electron chi connectivity index (χ4n) is 4.38. The van der Waals surface area contributed by atoms with Crippen molar-refractivity contribution in [1.29, 1.82) is 0 Å². The molecule has 1 heteroatoms. The first kappa shape index (κ1) is 10.1. The zero-order chi connectivity index (χ0) is 10.1. The molecule has 1 heterocycles. The normalized spacial score (nSPS) is 42.8. The highest BCUT2D eigenvalue weighted by Crippen LogP contribution is 2.42. The van der Waals surface area contributed by atoms with Gasteiger partial charge in [-0.1, -0.05) is 32.1 Å². The Labute approximate surface area is 94.0 Å². The average molecular weight is 207 g/mol. The maximum Gasteiger partial charge on any atom is 0.00960 e. The maximum atomic E-state index is 3.68. The van der Waals surface area contributed by atoms with Gasteiger partial charge in [0.15, 0.2) is 0 Å². The fourth-order valence-corrected chi connectivity index (χ4v) is 4.38. The lowest BCUT2D eigenvalue weighted by Crippen LogP contribution is -2.35. The first-order valence-electron chi connectivity index (χ1n) is 7.17. The molecule has 0 aromatic carbocycles. The topological polar surface area (TPSA) is 12.0 Å². The number of fused-ring (bicyclic) bond motifs is 1. The third-order valence-corrected chi connectivity index (χ3v) is 5.26. The van der Waals surface area contributed by atoms with Crippen molar-refractivity contribution in [2.75, 3.05) is 6.54 Å². The second-order valence-corrected chi connectivity index (χ2v) is 6.08. The first-order valence-corrected chi connectivity index (χ1v) is 7.17. The quantitative estimate of drug-likeness (QED) is 0.695. The molecule has 0 spiro atoms. The van der Waals surface area contributed by atoms with Crippen LogP contribution in [0.25, 0.3) is 0 Å². The molecule has 0 aromatic rings. The molecule has 1 saturated heterocycles. The van der Waals surface area contributed by atoms with Gasteiger partial charge >= 0.3 is 0 Å². The molecule has 86 valence electrons. The summed E-state index contributed by atoms with van der Waals surface area (Å²) in [4.78, 5) is 0. The van der Waals surface area contributed by atoms with Gasteiger partial charge in [-0.3, -0.25) is 0 Å². The van der Waals surface area contributed by atoms with E-state index in [1.54, 1.807) is 19.3 Å². The molecule has 3 atom stereocenters.